The zero-order valence-corrected chi connectivity index (χ0v) is 7.45. The van der Waals surface area contributed by atoms with Crippen LogP contribution in [-0.4, -0.2) is 50.2 Å². The molecule has 0 amide bonds. The first-order valence-corrected chi connectivity index (χ1v) is 4.34. The molecule has 12 heavy (non-hydrogen) atoms. The molecule has 0 spiro atoms. The van der Waals surface area contributed by atoms with Gasteiger partial charge in [-0.1, -0.05) is 0 Å². The van der Waals surface area contributed by atoms with Crippen molar-refractivity contribution < 1.29 is 9.53 Å². The molecule has 0 aromatic rings. The van der Waals surface area contributed by atoms with Gasteiger partial charge in [-0.3, -0.25) is 9.69 Å². The van der Waals surface area contributed by atoms with E-state index in [1.807, 2.05) is 0 Å². The Morgan fingerprint density at radius 3 is 3.25 bits per heavy atom. The predicted molar refractivity (Wildman–Crippen MR) is 45.9 cm³/mol. The Labute approximate surface area is 72.9 Å². The molecular weight excluding hydrogens is 156 g/mol. The van der Waals surface area contributed by atoms with E-state index in [-0.39, 0.29) is 0 Å². The Hall–Kier alpha value is -0.610. The second kappa shape index (κ2) is 5.11. The Morgan fingerprint density at radius 2 is 2.58 bits per heavy atom. The molecular formula is C8H16N2O2. The van der Waals surface area contributed by atoms with Gasteiger partial charge in [0.05, 0.1) is 0 Å². The molecule has 1 N–H and O–H groups in total. The summed E-state index contributed by atoms with van der Waals surface area (Å²) in [5.74, 6) is 0. The largest absolute Gasteiger partial charge is 0.467 e. The van der Waals surface area contributed by atoms with Crippen LogP contribution in [0.25, 0.3) is 0 Å². The highest BCUT2D eigenvalue weighted by molar-refractivity contribution is 5.36. The van der Waals surface area contributed by atoms with Crippen molar-refractivity contribution in [1.82, 2.24) is 10.2 Å². The first-order valence-electron chi connectivity index (χ1n) is 4.34. The molecule has 0 aromatic heterocycles. The summed E-state index contributed by atoms with van der Waals surface area (Å²) in [5.41, 5.74) is 0. The molecule has 0 bridgehead atoms. The Balaban J connectivity index is 2.09. The van der Waals surface area contributed by atoms with Crippen molar-refractivity contribution in [1.29, 1.82) is 0 Å². The van der Waals surface area contributed by atoms with E-state index in [1.54, 1.807) is 0 Å². The maximum Gasteiger partial charge on any atom is 0.293 e. The number of ether oxygens (including phenoxy) is 1. The molecule has 1 unspecified atom stereocenters. The van der Waals surface area contributed by atoms with Crippen molar-refractivity contribution in [3.63, 3.8) is 0 Å². The zero-order chi connectivity index (χ0) is 8.81. The van der Waals surface area contributed by atoms with Crippen molar-refractivity contribution in [2.45, 2.75) is 13.0 Å². The minimum atomic E-state index is 0.506. The molecule has 1 aliphatic rings. The van der Waals surface area contributed by atoms with Gasteiger partial charge in [0.15, 0.2) is 0 Å². The van der Waals surface area contributed by atoms with Crippen molar-refractivity contribution in [2.24, 2.45) is 0 Å². The lowest BCUT2D eigenvalue weighted by Crippen LogP contribution is -2.49. The summed E-state index contributed by atoms with van der Waals surface area (Å²) in [6.45, 7) is 7.15. The summed E-state index contributed by atoms with van der Waals surface area (Å²) in [4.78, 5) is 12.2. The number of carbonyl (C=O) groups is 1. The summed E-state index contributed by atoms with van der Waals surface area (Å²) in [6.07, 6.45) is 0. The fourth-order valence-corrected chi connectivity index (χ4v) is 1.45. The van der Waals surface area contributed by atoms with E-state index in [0.717, 1.165) is 26.2 Å². The number of nitrogens with one attached hydrogen (secondary N) is 1. The highest BCUT2D eigenvalue weighted by Crippen LogP contribution is 1.97. The topological polar surface area (TPSA) is 41.6 Å². The standard InChI is InChI=1S/C8H16N2O2/c1-8-6-10(3-2-9-8)4-5-12-7-11/h7-9H,2-6H2,1H3. The van der Waals surface area contributed by atoms with Crippen LogP contribution < -0.4 is 5.32 Å². The molecule has 1 saturated heterocycles. The average Bonchev–Trinajstić information content (AvgIpc) is 2.05. The van der Waals surface area contributed by atoms with Crippen LogP contribution in [0.1, 0.15) is 6.92 Å². The Morgan fingerprint density at radius 1 is 1.75 bits per heavy atom. The Kier molecular flexibility index (Phi) is 4.04. The quantitative estimate of drug-likeness (QED) is 0.456. The van der Waals surface area contributed by atoms with Gasteiger partial charge in [0, 0.05) is 32.2 Å². The molecule has 0 aliphatic carbocycles. The van der Waals surface area contributed by atoms with E-state index in [2.05, 4.69) is 21.9 Å². The Bertz CT molecular complexity index is 141. The maximum atomic E-state index is 9.86. The van der Waals surface area contributed by atoms with E-state index in [4.69, 9.17) is 0 Å². The van der Waals surface area contributed by atoms with Crippen LogP contribution in [0.2, 0.25) is 0 Å². The molecule has 1 rings (SSSR count). The summed E-state index contributed by atoms with van der Waals surface area (Å²) in [7, 11) is 0. The third-order valence-corrected chi connectivity index (χ3v) is 2.05. The number of piperazine rings is 1. The minimum absolute atomic E-state index is 0.506. The molecule has 0 radical (unpaired) electrons. The summed E-state index contributed by atoms with van der Waals surface area (Å²) < 4.78 is 4.63. The van der Waals surface area contributed by atoms with Crippen LogP contribution in [0.5, 0.6) is 0 Å². The van der Waals surface area contributed by atoms with Crippen molar-refractivity contribution in [2.75, 3.05) is 32.8 Å². The smallest absolute Gasteiger partial charge is 0.293 e. The van der Waals surface area contributed by atoms with Gasteiger partial charge in [0.25, 0.3) is 6.47 Å². The van der Waals surface area contributed by atoms with Crippen LogP contribution in [-0.2, 0) is 9.53 Å². The lowest BCUT2D eigenvalue weighted by molar-refractivity contribution is -0.129. The van der Waals surface area contributed by atoms with Crippen LogP contribution in [0.15, 0.2) is 0 Å². The fourth-order valence-electron chi connectivity index (χ4n) is 1.45. The van der Waals surface area contributed by atoms with E-state index in [1.165, 1.54) is 0 Å². The van der Waals surface area contributed by atoms with Gasteiger partial charge in [-0.15, -0.1) is 0 Å². The van der Waals surface area contributed by atoms with Crippen LogP contribution >= 0.6 is 0 Å². The zero-order valence-electron chi connectivity index (χ0n) is 7.45. The van der Waals surface area contributed by atoms with Crippen molar-refractivity contribution in [3.05, 3.63) is 0 Å². The number of carbonyl (C=O) groups excluding carboxylic acids is 1. The summed E-state index contributed by atoms with van der Waals surface area (Å²) in [6, 6.07) is 0.551. The lowest BCUT2D eigenvalue weighted by Gasteiger charge is -2.31. The minimum Gasteiger partial charge on any atom is -0.467 e. The van der Waals surface area contributed by atoms with E-state index in [0.29, 0.717) is 19.1 Å². The number of nitrogens with zero attached hydrogens (tertiary/aromatic N) is 1. The molecule has 70 valence electrons. The maximum absolute atomic E-state index is 9.86. The third-order valence-electron chi connectivity index (χ3n) is 2.05. The normalized spacial score (nSPS) is 25.2. The highest BCUT2D eigenvalue weighted by Gasteiger charge is 2.14. The van der Waals surface area contributed by atoms with Crippen LogP contribution in [0.3, 0.4) is 0 Å². The van der Waals surface area contributed by atoms with Gasteiger partial charge in [-0.05, 0) is 6.92 Å². The van der Waals surface area contributed by atoms with E-state index in [9.17, 15) is 4.79 Å². The van der Waals surface area contributed by atoms with E-state index < -0.39 is 0 Å². The number of hydrogen-bond acceptors (Lipinski definition) is 4. The van der Waals surface area contributed by atoms with Gasteiger partial charge in [-0.2, -0.15) is 0 Å². The molecule has 1 atom stereocenters. The fraction of sp³-hybridized carbons (Fsp3) is 0.875. The molecule has 0 saturated carbocycles. The molecule has 4 nitrogen and oxygen atoms in total. The average molecular weight is 172 g/mol. The van der Waals surface area contributed by atoms with Gasteiger partial charge < -0.3 is 10.1 Å². The SMILES string of the molecule is CC1CN(CCOC=O)CCN1. The molecule has 1 heterocycles. The molecule has 1 aliphatic heterocycles. The van der Waals surface area contributed by atoms with Crippen molar-refractivity contribution in [3.8, 4) is 0 Å². The molecule has 4 heteroatoms. The van der Waals surface area contributed by atoms with Gasteiger partial charge >= 0.3 is 0 Å². The van der Waals surface area contributed by atoms with Gasteiger partial charge in [-0.25, -0.2) is 0 Å². The first-order chi connectivity index (χ1) is 5.83. The molecule has 1 fully saturated rings. The summed E-state index contributed by atoms with van der Waals surface area (Å²) in [5, 5.41) is 3.35. The lowest BCUT2D eigenvalue weighted by atomic mass is 10.2. The molecule has 0 aromatic carbocycles. The predicted octanol–water partition coefficient (Wildman–Crippen LogP) is -0.547. The highest BCUT2D eigenvalue weighted by atomic mass is 16.5. The second-order valence-electron chi connectivity index (χ2n) is 3.12. The number of hydrogen-bond donors (Lipinski definition) is 1. The summed E-state index contributed by atoms with van der Waals surface area (Å²) >= 11 is 0. The first kappa shape index (κ1) is 9.48. The monoisotopic (exact) mass is 172 g/mol. The third kappa shape index (κ3) is 3.19. The van der Waals surface area contributed by atoms with Gasteiger partial charge in [0.2, 0.25) is 0 Å². The van der Waals surface area contributed by atoms with Gasteiger partial charge in [0.1, 0.15) is 6.61 Å². The van der Waals surface area contributed by atoms with Crippen molar-refractivity contribution >= 4 is 6.47 Å². The number of rotatable bonds is 4. The second-order valence-corrected chi connectivity index (χ2v) is 3.12. The van der Waals surface area contributed by atoms with E-state index >= 15 is 0 Å². The van der Waals surface area contributed by atoms with Crippen LogP contribution in [0.4, 0.5) is 0 Å². The van der Waals surface area contributed by atoms with Crippen LogP contribution in [0, 0.1) is 0 Å².